The third kappa shape index (κ3) is 3.32. The van der Waals surface area contributed by atoms with E-state index < -0.39 is 0 Å². The van der Waals surface area contributed by atoms with Gasteiger partial charge in [-0.3, -0.25) is 9.48 Å². The molecule has 1 amide bonds. The van der Waals surface area contributed by atoms with Gasteiger partial charge in [0.15, 0.2) is 0 Å². The molecule has 1 atom stereocenters. The second-order valence-corrected chi connectivity index (χ2v) is 5.01. The molecule has 2 rings (SSSR count). The molecule has 1 aromatic heterocycles. The van der Waals surface area contributed by atoms with Gasteiger partial charge in [0.2, 0.25) is 0 Å². The summed E-state index contributed by atoms with van der Waals surface area (Å²) in [5.74, 6) is -0.160. The highest BCUT2D eigenvalue weighted by Crippen LogP contribution is 2.28. The van der Waals surface area contributed by atoms with Crippen LogP contribution >= 0.6 is 0 Å². The first-order valence-electron chi connectivity index (χ1n) is 6.68. The highest BCUT2D eigenvalue weighted by molar-refractivity contribution is 5.92. The first kappa shape index (κ1) is 13.1. The lowest BCUT2D eigenvalue weighted by molar-refractivity contribution is 0.0939. The highest BCUT2D eigenvalue weighted by Gasteiger charge is 2.18. The van der Waals surface area contributed by atoms with Crippen LogP contribution in [-0.4, -0.2) is 33.4 Å². The third-order valence-electron chi connectivity index (χ3n) is 3.39. The van der Waals surface area contributed by atoms with Crippen molar-refractivity contribution in [3.8, 4) is 0 Å². The summed E-state index contributed by atoms with van der Waals surface area (Å²) in [7, 11) is 0. The van der Waals surface area contributed by atoms with E-state index in [0.717, 1.165) is 12.8 Å². The van der Waals surface area contributed by atoms with Crippen LogP contribution < -0.4 is 5.32 Å². The molecule has 2 N–H and O–H groups in total. The zero-order chi connectivity index (χ0) is 13.0. The minimum Gasteiger partial charge on any atom is -0.393 e. The summed E-state index contributed by atoms with van der Waals surface area (Å²) in [5.41, 5.74) is 0.465. The number of carbonyl (C=O) groups is 1. The molecule has 1 saturated carbocycles. The SMILES string of the molecule is CC(O)CCNC(=O)c1ccn(C2CCCC2)n1. The average molecular weight is 251 g/mol. The average Bonchev–Trinajstić information content (AvgIpc) is 2.99. The molecule has 5 nitrogen and oxygen atoms in total. The summed E-state index contributed by atoms with van der Waals surface area (Å²) in [5, 5.41) is 16.2. The molecule has 1 heterocycles. The normalized spacial score (nSPS) is 17.9. The lowest BCUT2D eigenvalue weighted by Crippen LogP contribution is -2.27. The Morgan fingerprint density at radius 1 is 1.61 bits per heavy atom. The van der Waals surface area contributed by atoms with Crippen LogP contribution in [0.25, 0.3) is 0 Å². The lowest BCUT2D eigenvalue weighted by Gasteiger charge is -2.09. The fourth-order valence-electron chi connectivity index (χ4n) is 2.32. The topological polar surface area (TPSA) is 67.2 Å². The molecule has 0 aromatic carbocycles. The van der Waals surface area contributed by atoms with Crippen LogP contribution in [0, 0.1) is 0 Å². The van der Waals surface area contributed by atoms with Crippen LogP contribution in [0.1, 0.15) is 55.6 Å². The fourth-order valence-corrected chi connectivity index (χ4v) is 2.32. The lowest BCUT2D eigenvalue weighted by atomic mass is 10.3. The second kappa shape index (κ2) is 6.00. The molecule has 0 saturated heterocycles. The van der Waals surface area contributed by atoms with Crippen molar-refractivity contribution in [3.05, 3.63) is 18.0 Å². The van der Waals surface area contributed by atoms with Crippen molar-refractivity contribution >= 4 is 5.91 Å². The van der Waals surface area contributed by atoms with Crippen LogP contribution in [0.4, 0.5) is 0 Å². The van der Waals surface area contributed by atoms with Crippen LogP contribution in [0.3, 0.4) is 0 Å². The number of carbonyl (C=O) groups excluding carboxylic acids is 1. The van der Waals surface area contributed by atoms with E-state index in [4.69, 9.17) is 5.11 Å². The Hall–Kier alpha value is -1.36. The van der Waals surface area contributed by atoms with Gasteiger partial charge < -0.3 is 10.4 Å². The second-order valence-electron chi connectivity index (χ2n) is 5.01. The van der Waals surface area contributed by atoms with E-state index in [1.165, 1.54) is 12.8 Å². The summed E-state index contributed by atoms with van der Waals surface area (Å²) < 4.78 is 1.91. The number of nitrogens with one attached hydrogen (secondary N) is 1. The minimum atomic E-state index is -0.388. The van der Waals surface area contributed by atoms with E-state index in [1.807, 2.05) is 10.9 Å². The van der Waals surface area contributed by atoms with Gasteiger partial charge in [-0.1, -0.05) is 12.8 Å². The number of rotatable bonds is 5. The molecule has 1 unspecified atom stereocenters. The fraction of sp³-hybridized carbons (Fsp3) is 0.692. The van der Waals surface area contributed by atoms with Gasteiger partial charge in [-0.25, -0.2) is 0 Å². The molecule has 0 spiro atoms. The molecule has 5 heteroatoms. The van der Waals surface area contributed by atoms with Gasteiger partial charge in [0.1, 0.15) is 5.69 Å². The van der Waals surface area contributed by atoms with E-state index in [0.29, 0.717) is 24.7 Å². The van der Waals surface area contributed by atoms with Crippen LogP contribution in [0.2, 0.25) is 0 Å². The summed E-state index contributed by atoms with van der Waals surface area (Å²) in [6.07, 6.45) is 6.88. The maximum Gasteiger partial charge on any atom is 0.271 e. The number of hydrogen-bond acceptors (Lipinski definition) is 3. The number of aliphatic hydroxyl groups excluding tert-OH is 1. The Bertz CT molecular complexity index is 395. The molecule has 1 aromatic rings. The zero-order valence-corrected chi connectivity index (χ0v) is 10.8. The van der Waals surface area contributed by atoms with Crippen molar-refractivity contribution in [1.82, 2.24) is 15.1 Å². The quantitative estimate of drug-likeness (QED) is 0.833. The maximum absolute atomic E-state index is 11.8. The molecule has 0 aliphatic heterocycles. The standard InChI is InChI=1S/C13H21N3O2/c1-10(17)6-8-14-13(18)12-7-9-16(15-12)11-4-2-3-5-11/h7,9-11,17H,2-6,8H2,1H3,(H,14,18). The van der Waals surface area contributed by atoms with E-state index in [1.54, 1.807) is 13.0 Å². The van der Waals surface area contributed by atoms with Gasteiger partial charge in [-0.2, -0.15) is 5.10 Å². The smallest absolute Gasteiger partial charge is 0.271 e. The Labute approximate surface area is 107 Å². The molecule has 18 heavy (non-hydrogen) atoms. The molecular formula is C13H21N3O2. The molecule has 1 aliphatic rings. The van der Waals surface area contributed by atoms with E-state index in [2.05, 4.69) is 10.4 Å². The predicted octanol–water partition coefficient (Wildman–Crippen LogP) is 1.50. The van der Waals surface area contributed by atoms with Gasteiger partial charge in [-0.15, -0.1) is 0 Å². The van der Waals surface area contributed by atoms with Crippen molar-refractivity contribution in [3.63, 3.8) is 0 Å². The number of aliphatic hydroxyl groups is 1. The highest BCUT2D eigenvalue weighted by atomic mass is 16.3. The first-order chi connectivity index (χ1) is 8.66. The first-order valence-corrected chi connectivity index (χ1v) is 6.68. The summed E-state index contributed by atoms with van der Waals surface area (Å²) in [6, 6.07) is 2.22. The summed E-state index contributed by atoms with van der Waals surface area (Å²) in [4.78, 5) is 11.8. The van der Waals surface area contributed by atoms with Gasteiger partial charge >= 0.3 is 0 Å². The third-order valence-corrected chi connectivity index (χ3v) is 3.39. The Balaban J connectivity index is 1.86. The van der Waals surface area contributed by atoms with Gasteiger partial charge in [0.05, 0.1) is 12.1 Å². The Kier molecular flexibility index (Phi) is 4.36. The number of aromatic nitrogens is 2. The molecule has 100 valence electrons. The largest absolute Gasteiger partial charge is 0.393 e. The van der Waals surface area contributed by atoms with Crippen molar-refractivity contribution in [1.29, 1.82) is 0 Å². The van der Waals surface area contributed by atoms with Crippen LogP contribution in [0.5, 0.6) is 0 Å². The minimum absolute atomic E-state index is 0.160. The molecule has 0 bridgehead atoms. The van der Waals surface area contributed by atoms with E-state index >= 15 is 0 Å². The zero-order valence-electron chi connectivity index (χ0n) is 10.8. The van der Waals surface area contributed by atoms with Crippen LogP contribution in [0.15, 0.2) is 12.3 Å². The molecule has 1 fully saturated rings. The Morgan fingerprint density at radius 2 is 2.33 bits per heavy atom. The summed E-state index contributed by atoms with van der Waals surface area (Å²) >= 11 is 0. The molecule has 1 aliphatic carbocycles. The van der Waals surface area contributed by atoms with Gasteiger partial charge in [0, 0.05) is 12.7 Å². The molecular weight excluding hydrogens is 230 g/mol. The van der Waals surface area contributed by atoms with Gasteiger partial charge in [0.25, 0.3) is 5.91 Å². The monoisotopic (exact) mass is 251 g/mol. The number of nitrogens with zero attached hydrogens (tertiary/aromatic N) is 2. The Morgan fingerprint density at radius 3 is 3.00 bits per heavy atom. The van der Waals surface area contributed by atoms with Gasteiger partial charge in [-0.05, 0) is 32.3 Å². The van der Waals surface area contributed by atoms with Crippen molar-refractivity contribution in [2.45, 2.75) is 51.2 Å². The predicted molar refractivity (Wildman–Crippen MR) is 68.4 cm³/mol. The van der Waals surface area contributed by atoms with E-state index in [-0.39, 0.29) is 12.0 Å². The van der Waals surface area contributed by atoms with Crippen LogP contribution in [-0.2, 0) is 0 Å². The number of amides is 1. The van der Waals surface area contributed by atoms with Crippen molar-refractivity contribution < 1.29 is 9.90 Å². The number of hydrogen-bond donors (Lipinski definition) is 2. The molecule has 0 radical (unpaired) electrons. The summed E-state index contributed by atoms with van der Waals surface area (Å²) in [6.45, 7) is 2.19. The van der Waals surface area contributed by atoms with E-state index in [9.17, 15) is 4.79 Å². The van der Waals surface area contributed by atoms with Crippen molar-refractivity contribution in [2.24, 2.45) is 0 Å². The maximum atomic E-state index is 11.8. The van der Waals surface area contributed by atoms with Crippen molar-refractivity contribution in [2.75, 3.05) is 6.54 Å².